The summed E-state index contributed by atoms with van der Waals surface area (Å²) in [5.74, 6) is -0.477. The van der Waals surface area contributed by atoms with Crippen LogP contribution in [0.2, 0.25) is 0 Å². The van der Waals surface area contributed by atoms with E-state index in [4.69, 9.17) is 0 Å². The van der Waals surface area contributed by atoms with Crippen molar-refractivity contribution in [3.05, 3.63) is 53.2 Å². The normalized spacial score (nSPS) is 11.0. The van der Waals surface area contributed by atoms with Gasteiger partial charge in [0.1, 0.15) is 22.9 Å². The van der Waals surface area contributed by atoms with Gasteiger partial charge in [0.2, 0.25) is 0 Å². The highest BCUT2D eigenvalue weighted by Gasteiger charge is 2.24. The van der Waals surface area contributed by atoms with Crippen LogP contribution in [0.5, 0.6) is 11.5 Å². The van der Waals surface area contributed by atoms with Crippen LogP contribution in [-0.2, 0) is 6.42 Å². The Balaban J connectivity index is 2.26. The van der Waals surface area contributed by atoms with Gasteiger partial charge in [-0.2, -0.15) is 0 Å². The lowest BCUT2D eigenvalue weighted by molar-refractivity contribution is 0.0958. The number of amides is 1. The van der Waals surface area contributed by atoms with Gasteiger partial charge in [0.05, 0.1) is 0 Å². The fourth-order valence-corrected chi connectivity index (χ4v) is 3.09. The van der Waals surface area contributed by atoms with Crippen molar-refractivity contribution in [2.75, 3.05) is 7.05 Å². The number of aryl methyl sites for hydroxylation is 1. The fraction of sp³-hybridized carbons (Fsp3) is 0.286. The number of rotatable bonds is 5. The van der Waals surface area contributed by atoms with Crippen molar-refractivity contribution in [1.82, 2.24) is 20.3 Å². The summed E-state index contributed by atoms with van der Waals surface area (Å²) >= 11 is 0. The van der Waals surface area contributed by atoms with E-state index in [2.05, 4.69) is 22.6 Å². The lowest BCUT2D eigenvalue weighted by Gasteiger charge is -2.14. The minimum atomic E-state index is -0.372. The molecule has 2 aromatic carbocycles. The number of nitrogens with one attached hydrogen (secondary N) is 1. The first-order valence-electron chi connectivity index (χ1n) is 9.20. The molecule has 0 atom stereocenters. The zero-order valence-electron chi connectivity index (χ0n) is 16.4. The number of phenolic OH excluding ortho intramolecular Hbond substituents is 2. The van der Waals surface area contributed by atoms with Crippen molar-refractivity contribution < 1.29 is 15.0 Å². The third-order valence-corrected chi connectivity index (χ3v) is 4.72. The molecule has 3 N–H and O–H groups in total. The molecule has 0 spiro atoms. The van der Waals surface area contributed by atoms with E-state index in [0.717, 1.165) is 12.0 Å². The molecule has 0 bridgehead atoms. The molecule has 0 aliphatic heterocycles. The lowest BCUT2D eigenvalue weighted by atomic mass is 10.0. The van der Waals surface area contributed by atoms with Gasteiger partial charge < -0.3 is 15.5 Å². The van der Waals surface area contributed by atoms with Crippen molar-refractivity contribution in [3.8, 4) is 28.4 Å². The van der Waals surface area contributed by atoms with Gasteiger partial charge in [-0.25, -0.2) is 4.68 Å². The maximum atomic E-state index is 12.4. The summed E-state index contributed by atoms with van der Waals surface area (Å²) in [6.07, 6.45) is 0.899. The second kappa shape index (κ2) is 7.72. The molecule has 146 valence electrons. The van der Waals surface area contributed by atoms with Gasteiger partial charge in [0.15, 0.2) is 5.69 Å². The number of carbonyl (C=O) groups excluding carboxylic acids is 1. The van der Waals surface area contributed by atoms with E-state index >= 15 is 0 Å². The van der Waals surface area contributed by atoms with Crippen molar-refractivity contribution in [2.24, 2.45) is 0 Å². The van der Waals surface area contributed by atoms with Gasteiger partial charge >= 0.3 is 0 Å². The lowest BCUT2D eigenvalue weighted by Crippen LogP contribution is -2.19. The first-order valence-corrected chi connectivity index (χ1v) is 9.20. The first kappa shape index (κ1) is 19.4. The largest absolute Gasteiger partial charge is 0.508 e. The third-order valence-electron chi connectivity index (χ3n) is 4.72. The van der Waals surface area contributed by atoms with Crippen LogP contribution >= 0.6 is 0 Å². The van der Waals surface area contributed by atoms with E-state index in [1.165, 1.54) is 23.4 Å². The topological polar surface area (TPSA) is 100 Å². The van der Waals surface area contributed by atoms with Crippen molar-refractivity contribution >= 4 is 5.91 Å². The SMILES string of the molecule is CCc1ccc(-c2c(C(=O)NC)nnn2-c2cc(C(C)C)c(O)cc2O)cc1. The number of carbonyl (C=O) groups is 1. The fourth-order valence-electron chi connectivity index (χ4n) is 3.09. The highest BCUT2D eigenvalue weighted by molar-refractivity contribution is 5.98. The molecule has 0 aliphatic rings. The van der Waals surface area contributed by atoms with E-state index in [9.17, 15) is 15.0 Å². The molecule has 0 aliphatic carbocycles. The van der Waals surface area contributed by atoms with Gasteiger partial charge in [0.25, 0.3) is 5.91 Å². The molecule has 1 amide bonds. The third kappa shape index (κ3) is 3.43. The standard InChI is InChI=1S/C21H24N4O3/c1-5-13-6-8-14(9-7-13)20-19(21(28)22-4)23-24-25(20)16-10-15(12(2)3)17(26)11-18(16)27/h6-12,26-27H,5H2,1-4H3,(H,22,28). The van der Waals surface area contributed by atoms with Crippen LogP contribution in [0.15, 0.2) is 36.4 Å². The van der Waals surface area contributed by atoms with E-state index < -0.39 is 0 Å². The Morgan fingerprint density at radius 1 is 1.14 bits per heavy atom. The summed E-state index contributed by atoms with van der Waals surface area (Å²) in [5.41, 5.74) is 3.55. The van der Waals surface area contributed by atoms with Crippen LogP contribution in [0.1, 0.15) is 48.3 Å². The number of nitrogens with zero attached hydrogens (tertiary/aromatic N) is 3. The predicted octanol–water partition coefficient (Wildman–Crippen LogP) is 3.39. The van der Waals surface area contributed by atoms with Crippen molar-refractivity contribution in [3.63, 3.8) is 0 Å². The van der Waals surface area contributed by atoms with E-state index in [0.29, 0.717) is 16.9 Å². The summed E-state index contributed by atoms with van der Waals surface area (Å²) in [7, 11) is 1.53. The number of hydrogen-bond donors (Lipinski definition) is 3. The van der Waals surface area contributed by atoms with Gasteiger partial charge in [-0.05, 0) is 29.5 Å². The Kier molecular flexibility index (Phi) is 5.35. The van der Waals surface area contributed by atoms with Gasteiger partial charge in [0, 0.05) is 18.7 Å². The Hall–Kier alpha value is -3.35. The number of aromatic nitrogens is 3. The maximum Gasteiger partial charge on any atom is 0.273 e. The van der Waals surface area contributed by atoms with E-state index in [-0.39, 0.29) is 29.0 Å². The first-order chi connectivity index (χ1) is 13.4. The second-order valence-corrected chi connectivity index (χ2v) is 6.88. The Morgan fingerprint density at radius 2 is 1.82 bits per heavy atom. The molecular weight excluding hydrogens is 356 g/mol. The number of phenols is 2. The summed E-state index contributed by atoms with van der Waals surface area (Å²) < 4.78 is 1.44. The average molecular weight is 380 g/mol. The quantitative estimate of drug-likeness (QED) is 0.630. The van der Waals surface area contributed by atoms with E-state index in [1.807, 2.05) is 38.1 Å². The van der Waals surface area contributed by atoms with Crippen LogP contribution in [-0.4, -0.2) is 38.2 Å². The highest BCUT2D eigenvalue weighted by atomic mass is 16.3. The molecule has 3 rings (SSSR count). The molecule has 0 saturated heterocycles. The molecule has 0 unspecified atom stereocenters. The predicted molar refractivity (Wildman–Crippen MR) is 107 cm³/mol. The minimum Gasteiger partial charge on any atom is -0.508 e. The van der Waals surface area contributed by atoms with Crippen LogP contribution in [0, 0.1) is 0 Å². The van der Waals surface area contributed by atoms with Crippen LogP contribution in [0.3, 0.4) is 0 Å². The highest BCUT2D eigenvalue weighted by Crippen LogP contribution is 2.36. The number of benzene rings is 2. The molecule has 0 fully saturated rings. The summed E-state index contributed by atoms with van der Waals surface area (Å²) in [6, 6.07) is 10.7. The van der Waals surface area contributed by atoms with Gasteiger partial charge in [-0.3, -0.25) is 4.79 Å². The minimum absolute atomic E-state index is 0.0109. The molecular formula is C21H24N4O3. The average Bonchev–Trinajstić information content (AvgIpc) is 3.12. The molecule has 0 radical (unpaired) electrons. The molecule has 28 heavy (non-hydrogen) atoms. The molecule has 7 heteroatoms. The van der Waals surface area contributed by atoms with Crippen LogP contribution in [0.4, 0.5) is 0 Å². The zero-order chi connectivity index (χ0) is 20.4. The van der Waals surface area contributed by atoms with Crippen molar-refractivity contribution in [1.29, 1.82) is 0 Å². The van der Waals surface area contributed by atoms with Crippen LogP contribution in [0.25, 0.3) is 16.9 Å². The Morgan fingerprint density at radius 3 is 2.39 bits per heavy atom. The second-order valence-electron chi connectivity index (χ2n) is 6.88. The molecule has 1 aromatic heterocycles. The van der Waals surface area contributed by atoms with Crippen LogP contribution < -0.4 is 5.32 Å². The molecule has 1 heterocycles. The smallest absolute Gasteiger partial charge is 0.273 e. The number of aromatic hydroxyl groups is 2. The maximum absolute atomic E-state index is 12.4. The zero-order valence-corrected chi connectivity index (χ0v) is 16.4. The van der Waals surface area contributed by atoms with Gasteiger partial charge in [-0.15, -0.1) is 5.10 Å². The molecule has 7 nitrogen and oxygen atoms in total. The van der Waals surface area contributed by atoms with Crippen molar-refractivity contribution in [2.45, 2.75) is 33.1 Å². The summed E-state index contributed by atoms with van der Waals surface area (Å²) in [5, 5.41) is 31.4. The Bertz CT molecular complexity index is 1010. The number of hydrogen-bond acceptors (Lipinski definition) is 5. The molecule has 0 saturated carbocycles. The monoisotopic (exact) mass is 380 g/mol. The van der Waals surface area contributed by atoms with E-state index in [1.54, 1.807) is 6.07 Å². The molecule has 3 aromatic rings. The van der Waals surface area contributed by atoms with Gasteiger partial charge in [-0.1, -0.05) is 50.3 Å². The summed E-state index contributed by atoms with van der Waals surface area (Å²) in [6.45, 7) is 5.95. The summed E-state index contributed by atoms with van der Waals surface area (Å²) in [4.78, 5) is 12.4. The Labute approximate surface area is 163 Å².